The largest absolute Gasteiger partial charge is 0.494 e. The number of ether oxygens (including phenoxy) is 2. The minimum atomic E-state index is -0.298. The number of halogens is 2. The van der Waals surface area contributed by atoms with Crippen LogP contribution in [0, 0.1) is 5.82 Å². The van der Waals surface area contributed by atoms with E-state index in [1.165, 1.54) is 17.0 Å². The molecule has 0 aliphatic carbocycles. The molecule has 34 heavy (non-hydrogen) atoms. The van der Waals surface area contributed by atoms with Crippen molar-refractivity contribution in [2.45, 2.75) is 13.5 Å². The van der Waals surface area contributed by atoms with Crippen molar-refractivity contribution in [2.24, 2.45) is 0 Å². The van der Waals surface area contributed by atoms with E-state index in [1.54, 1.807) is 30.2 Å². The van der Waals surface area contributed by atoms with Gasteiger partial charge in [0.2, 0.25) is 0 Å². The Morgan fingerprint density at radius 3 is 2.41 bits per heavy atom. The van der Waals surface area contributed by atoms with E-state index in [1.807, 2.05) is 49.4 Å². The summed E-state index contributed by atoms with van der Waals surface area (Å²) >= 11 is 9.06. The quantitative estimate of drug-likeness (QED) is 0.265. The first-order valence-corrected chi connectivity index (χ1v) is 11.8. The zero-order chi connectivity index (χ0) is 24.2. The molecule has 0 aromatic heterocycles. The van der Waals surface area contributed by atoms with E-state index < -0.39 is 0 Å². The van der Waals surface area contributed by atoms with Gasteiger partial charge < -0.3 is 14.4 Å². The highest BCUT2D eigenvalue weighted by Gasteiger charge is 2.37. The Morgan fingerprint density at radius 1 is 1.03 bits per heavy atom. The van der Waals surface area contributed by atoms with Crippen molar-refractivity contribution in [3.63, 3.8) is 0 Å². The maximum absolute atomic E-state index is 13.4. The highest BCUT2D eigenvalue weighted by molar-refractivity contribution is 9.10. The lowest BCUT2D eigenvalue weighted by Crippen LogP contribution is -2.31. The molecule has 0 bridgehead atoms. The van der Waals surface area contributed by atoms with Gasteiger partial charge in [-0.25, -0.2) is 4.39 Å². The van der Waals surface area contributed by atoms with Crippen LogP contribution < -0.4 is 14.4 Å². The molecule has 1 aliphatic heterocycles. The van der Waals surface area contributed by atoms with Crippen molar-refractivity contribution < 1.29 is 18.7 Å². The van der Waals surface area contributed by atoms with Gasteiger partial charge in [0.25, 0.3) is 5.91 Å². The lowest BCUT2D eigenvalue weighted by atomic mass is 10.1. The number of anilines is 1. The zero-order valence-electron chi connectivity index (χ0n) is 18.6. The molecule has 4 rings (SSSR count). The molecule has 8 heteroatoms. The minimum absolute atomic E-state index is 0.235. The fraction of sp³-hybridized carbons (Fsp3) is 0.154. The van der Waals surface area contributed by atoms with Gasteiger partial charge in [-0.3, -0.25) is 9.69 Å². The maximum Gasteiger partial charge on any atom is 0.281 e. The second kappa shape index (κ2) is 10.4. The molecule has 0 unspecified atom stereocenters. The van der Waals surface area contributed by atoms with Crippen LogP contribution in [0.3, 0.4) is 0 Å². The highest BCUT2D eigenvalue weighted by Crippen LogP contribution is 2.32. The summed E-state index contributed by atoms with van der Waals surface area (Å²) in [5.41, 5.74) is 2.63. The monoisotopic (exact) mass is 540 g/mol. The number of benzene rings is 3. The van der Waals surface area contributed by atoms with Crippen molar-refractivity contribution in [3.8, 4) is 11.5 Å². The van der Waals surface area contributed by atoms with Gasteiger partial charge in [0, 0.05) is 17.1 Å². The van der Waals surface area contributed by atoms with E-state index in [2.05, 4.69) is 15.9 Å². The standard InChI is InChI=1S/C26H22BrFN2O3S/c1-3-32-22-11-9-21(10-12-22)30-25(31)23(29(2)26(30)34)15-18-14-19(27)6-13-24(18)33-16-17-4-7-20(28)8-5-17/h4-15H,3,16H2,1-2H3/b23-15-. The fourth-order valence-electron chi connectivity index (χ4n) is 3.49. The Hall–Kier alpha value is -3.23. The Bertz CT molecular complexity index is 1250. The van der Waals surface area contributed by atoms with Crippen LogP contribution in [-0.2, 0) is 11.4 Å². The molecule has 1 aliphatic rings. The molecule has 3 aromatic rings. The van der Waals surface area contributed by atoms with Crippen LogP contribution in [-0.4, -0.2) is 29.6 Å². The van der Waals surface area contributed by atoms with E-state index in [9.17, 15) is 9.18 Å². The van der Waals surface area contributed by atoms with Gasteiger partial charge in [0.1, 0.15) is 29.6 Å². The number of rotatable bonds is 7. The van der Waals surface area contributed by atoms with Crippen molar-refractivity contribution in [3.05, 3.63) is 93.8 Å². The maximum atomic E-state index is 13.4. The average Bonchev–Trinajstić information content (AvgIpc) is 3.03. The number of carbonyl (C=O) groups excluding carboxylic acids is 1. The van der Waals surface area contributed by atoms with Crippen LogP contribution in [0.4, 0.5) is 10.1 Å². The lowest BCUT2D eigenvalue weighted by molar-refractivity contribution is -0.114. The van der Waals surface area contributed by atoms with Gasteiger partial charge in [0.15, 0.2) is 5.11 Å². The van der Waals surface area contributed by atoms with Crippen LogP contribution in [0.1, 0.15) is 18.1 Å². The summed E-state index contributed by atoms with van der Waals surface area (Å²) in [4.78, 5) is 16.5. The molecule has 0 spiro atoms. The molecule has 0 atom stereocenters. The summed E-state index contributed by atoms with van der Waals surface area (Å²) in [6.07, 6.45) is 1.76. The number of nitrogens with zero attached hydrogens (tertiary/aromatic N) is 2. The second-order valence-electron chi connectivity index (χ2n) is 7.54. The predicted molar refractivity (Wildman–Crippen MR) is 138 cm³/mol. The van der Waals surface area contributed by atoms with Crippen LogP contribution in [0.15, 0.2) is 76.9 Å². The van der Waals surface area contributed by atoms with Crippen molar-refractivity contribution >= 4 is 50.9 Å². The Kier molecular flexibility index (Phi) is 7.29. The van der Waals surface area contributed by atoms with Gasteiger partial charge in [-0.2, -0.15) is 0 Å². The van der Waals surface area contributed by atoms with Gasteiger partial charge in [-0.1, -0.05) is 28.1 Å². The minimum Gasteiger partial charge on any atom is -0.494 e. The number of hydrogen-bond donors (Lipinski definition) is 0. The average molecular weight is 541 g/mol. The van der Waals surface area contributed by atoms with Gasteiger partial charge >= 0.3 is 0 Å². The summed E-state index contributed by atoms with van der Waals surface area (Å²) in [5.74, 6) is 0.784. The predicted octanol–water partition coefficient (Wildman–Crippen LogP) is 6.17. The lowest BCUT2D eigenvalue weighted by Gasteiger charge is -2.16. The molecule has 1 saturated heterocycles. The van der Waals surface area contributed by atoms with E-state index in [-0.39, 0.29) is 18.3 Å². The number of likely N-dealkylation sites (N-methyl/N-ethyl adjacent to an activating group) is 1. The topological polar surface area (TPSA) is 42.0 Å². The Morgan fingerprint density at radius 2 is 1.74 bits per heavy atom. The van der Waals surface area contributed by atoms with Crippen LogP contribution in [0.25, 0.3) is 6.08 Å². The highest BCUT2D eigenvalue weighted by atomic mass is 79.9. The Labute approximate surface area is 211 Å². The summed E-state index contributed by atoms with van der Waals surface area (Å²) < 4.78 is 25.5. The van der Waals surface area contributed by atoms with Gasteiger partial charge in [-0.15, -0.1) is 0 Å². The molecule has 1 amide bonds. The first kappa shape index (κ1) is 23.9. The Balaban J connectivity index is 1.61. The number of hydrogen-bond acceptors (Lipinski definition) is 4. The first-order chi connectivity index (χ1) is 16.4. The molecule has 3 aromatic carbocycles. The first-order valence-electron chi connectivity index (χ1n) is 10.6. The van der Waals surface area contributed by atoms with Gasteiger partial charge in [-0.05, 0) is 85.4 Å². The second-order valence-corrected chi connectivity index (χ2v) is 8.82. The molecule has 174 valence electrons. The van der Waals surface area contributed by atoms with Crippen molar-refractivity contribution in [1.82, 2.24) is 4.90 Å². The molecule has 0 saturated carbocycles. The van der Waals surface area contributed by atoms with E-state index >= 15 is 0 Å². The molecule has 1 heterocycles. The summed E-state index contributed by atoms with van der Waals surface area (Å²) in [7, 11) is 1.76. The third kappa shape index (κ3) is 5.13. The summed E-state index contributed by atoms with van der Waals surface area (Å²) in [6.45, 7) is 2.74. The third-order valence-corrected chi connectivity index (χ3v) is 6.19. The van der Waals surface area contributed by atoms with Crippen molar-refractivity contribution in [2.75, 3.05) is 18.6 Å². The van der Waals surface area contributed by atoms with E-state index in [0.717, 1.165) is 15.8 Å². The van der Waals surface area contributed by atoms with Crippen molar-refractivity contribution in [1.29, 1.82) is 0 Å². The molecule has 0 N–H and O–H groups in total. The summed E-state index contributed by atoms with van der Waals surface area (Å²) in [5, 5.41) is 0.379. The third-order valence-electron chi connectivity index (χ3n) is 5.24. The number of thiocarbonyl (C=S) groups is 1. The molecular weight excluding hydrogens is 519 g/mol. The molecule has 5 nitrogen and oxygen atoms in total. The summed E-state index contributed by atoms with van der Waals surface area (Å²) in [6, 6.07) is 18.9. The fourth-order valence-corrected chi connectivity index (χ4v) is 4.16. The molecule has 1 fully saturated rings. The van der Waals surface area contributed by atoms with Gasteiger partial charge in [0.05, 0.1) is 12.3 Å². The SMILES string of the molecule is CCOc1ccc(N2C(=O)/C(=C/c3cc(Br)ccc3OCc3ccc(F)cc3)N(C)C2=S)cc1. The number of carbonyl (C=O) groups is 1. The smallest absolute Gasteiger partial charge is 0.281 e. The normalized spacial score (nSPS) is 14.8. The van der Waals surface area contributed by atoms with Crippen LogP contribution in [0.5, 0.6) is 11.5 Å². The number of amides is 1. The molecular formula is C26H22BrFN2O3S. The van der Waals surface area contributed by atoms with E-state index in [4.69, 9.17) is 21.7 Å². The zero-order valence-corrected chi connectivity index (χ0v) is 21.0. The van der Waals surface area contributed by atoms with Crippen LogP contribution >= 0.6 is 28.1 Å². The molecule has 0 radical (unpaired) electrons. The van der Waals surface area contributed by atoms with E-state index in [0.29, 0.717) is 34.4 Å². The van der Waals surface area contributed by atoms with Crippen LogP contribution in [0.2, 0.25) is 0 Å².